The Hall–Kier alpha value is -1.32. The molecular weight excluding hydrogens is 304 g/mol. The zero-order chi connectivity index (χ0) is 16.7. The summed E-state index contributed by atoms with van der Waals surface area (Å²) in [7, 11) is 1.49. The summed E-state index contributed by atoms with van der Waals surface area (Å²) in [5, 5.41) is 0. The Morgan fingerprint density at radius 1 is 1.33 bits per heavy atom. The van der Waals surface area contributed by atoms with Crippen LogP contribution in [0, 0.1) is 39.9 Å². The van der Waals surface area contributed by atoms with E-state index in [4.69, 9.17) is 9.47 Å². The second-order valence-corrected chi connectivity index (χ2v) is 9.49. The van der Waals surface area contributed by atoms with E-state index >= 15 is 0 Å². The standard InChI is InChI=1S/C20H24O4/c1-10-11-5-8-19-13(10)18(19,9-11)12(15(21)23-3)14-17(2)6-4-7-20(14,19)24-16(17)22/h11-14H,1,4-9H2,2-3H3/t11?,12-,13?,14-,17?,18-,19?,20+/m1/s1. The second kappa shape index (κ2) is 3.47. The zero-order valence-corrected chi connectivity index (χ0v) is 14.4. The van der Waals surface area contributed by atoms with Gasteiger partial charge in [-0.2, -0.15) is 0 Å². The van der Waals surface area contributed by atoms with Crippen molar-refractivity contribution in [1.82, 2.24) is 0 Å². The monoisotopic (exact) mass is 328 g/mol. The Labute approximate surface area is 141 Å². The molecule has 6 saturated carbocycles. The number of methoxy groups -OCH3 is 1. The van der Waals surface area contributed by atoms with E-state index < -0.39 is 11.0 Å². The predicted molar refractivity (Wildman–Crippen MR) is 84.6 cm³/mol. The SMILES string of the molecule is C=C1C2CCC34C1[C@@]3(C2)[C@@H](C(=O)OC)[C@@H]1C2(C)CCC[C@]14OC2=O. The lowest BCUT2D eigenvalue weighted by molar-refractivity contribution is -0.161. The number of ether oxygens (including phenoxy) is 2. The Balaban J connectivity index is 1.64. The Morgan fingerprint density at radius 2 is 2.12 bits per heavy atom. The molecule has 0 radical (unpaired) electrons. The van der Waals surface area contributed by atoms with Crippen molar-refractivity contribution in [2.24, 2.45) is 39.9 Å². The predicted octanol–water partition coefficient (Wildman–Crippen LogP) is 2.86. The minimum Gasteiger partial charge on any atom is -0.469 e. The zero-order valence-electron chi connectivity index (χ0n) is 14.4. The van der Waals surface area contributed by atoms with Crippen LogP contribution in [0.25, 0.3) is 0 Å². The lowest BCUT2D eigenvalue weighted by atomic mass is 9.55. The molecule has 7 rings (SSSR count). The highest BCUT2D eigenvalue weighted by Crippen LogP contribution is 2.98. The molecular formula is C20H24O4. The van der Waals surface area contributed by atoms with Crippen molar-refractivity contribution in [3.05, 3.63) is 12.2 Å². The molecule has 4 nitrogen and oxygen atoms in total. The average Bonchev–Trinajstić information content (AvgIpc) is 2.97. The summed E-state index contributed by atoms with van der Waals surface area (Å²) < 4.78 is 11.6. The molecule has 24 heavy (non-hydrogen) atoms. The van der Waals surface area contributed by atoms with E-state index in [2.05, 4.69) is 6.58 Å². The summed E-state index contributed by atoms with van der Waals surface area (Å²) in [6.07, 6.45) is 6.08. The number of carbonyl (C=O) groups is 2. The number of esters is 2. The largest absolute Gasteiger partial charge is 0.469 e. The molecule has 6 aliphatic carbocycles. The van der Waals surface area contributed by atoms with Crippen LogP contribution in [0.15, 0.2) is 12.2 Å². The van der Waals surface area contributed by atoms with E-state index in [1.165, 1.54) is 12.7 Å². The first-order chi connectivity index (χ1) is 11.4. The van der Waals surface area contributed by atoms with Crippen molar-refractivity contribution in [1.29, 1.82) is 0 Å². The number of rotatable bonds is 1. The molecule has 1 aliphatic heterocycles. The summed E-state index contributed by atoms with van der Waals surface area (Å²) in [6, 6.07) is 0. The molecule has 0 aromatic carbocycles. The second-order valence-electron chi connectivity index (χ2n) is 9.49. The normalized spacial score (nSPS) is 61.2. The highest BCUT2D eigenvalue weighted by atomic mass is 16.6. The van der Waals surface area contributed by atoms with E-state index in [-0.39, 0.29) is 34.6 Å². The fraction of sp³-hybridized carbons (Fsp3) is 0.800. The van der Waals surface area contributed by atoms with E-state index in [1.54, 1.807) is 0 Å². The third kappa shape index (κ3) is 0.932. The molecule has 1 heterocycles. The van der Waals surface area contributed by atoms with Gasteiger partial charge in [0.1, 0.15) is 5.60 Å². The smallest absolute Gasteiger partial charge is 0.312 e. The first-order valence-electron chi connectivity index (χ1n) is 9.41. The summed E-state index contributed by atoms with van der Waals surface area (Å²) in [6.45, 7) is 6.45. The van der Waals surface area contributed by atoms with Gasteiger partial charge in [-0.25, -0.2) is 0 Å². The third-order valence-electron chi connectivity index (χ3n) is 9.39. The van der Waals surface area contributed by atoms with E-state index in [9.17, 15) is 9.59 Å². The van der Waals surface area contributed by atoms with Crippen molar-refractivity contribution in [2.45, 2.75) is 51.0 Å². The van der Waals surface area contributed by atoms with Gasteiger partial charge in [0.2, 0.25) is 0 Å². The number of allylic oxidation sites excluding steroid dienone is 1. The van der Waals surface area contributed by atoms with Crippen LogP contribution < -0.4 is 0 Å². The van der Waals surface area contributed by atoms with E-state index in [0.717, 1.165) is 38.5 Å². The van der Waals surface area contributed by atoms with Gasteiger partial charge in [0.25, 0.3) is 0 Å². The molecule has 6 bridgehead atoms. The van der Waals surface area contributed by atoms with Gasteiger partial charge in [0.15, 0.2) is 0 Å². The van der Waals surface area contributed by atoms with Gasteiger partial charge in [0.05, 0.1) is 18.4 Å². The molecule has 7 aliphatic rings. The molecule has 0 amide bonds. The first kappa shape index (κ1) is 13.9. The van der Waals surface area contributed by atoms with Gasteiger partial charge in [0, 0.05) is 16.7 Å². The van der Waals surface area contributed by atoms with Crippen LogP contribution >= 0.6 is 0 Å². The Bertz CT molecular complexity index is 742. The third-order valence-corrected chi connectivity index (χ3v) is 9.39. The van der Waals surface area contributed by atoms with Gasteiger partial charge in [-0.15, -0.1) is 0 Å². The molecule has 0 aromatic heterocycles. The maximum Gasteiger partial charge on any atom is 0.312 e. The van der Waals surface area contributed by atoms with Crippen molar-refractivity contribution in [3.8, 4) is 0 Å². The highest BCUT2D eigenvalue weighted by molar-refractivity contribution is 5.87. The van der Waals surface area contributed by atoms with Gasteiger partial charge in [-0.3, -0.25) is 9.59 Å². The number of carbonyl (C=O) groups excluding carboxylic acids is 2. The van der Waals surface area contributed by atoms with Gasteiger partial charge in [-0.05, 0) is 57.3 Å². The quantitative estimate of drug-likeness (QED) is 0.549. The van der Waals surface area contributed by atoms with Crippen LogP contribution in [0.2, 0.25) is 0 Å². The van der Waals surface area contributed by atoms with Crippen molar-refractivity contribution < 1.29 is 19.1 Å². The van der Waals surface area contributed by atoms with Crippen LogP contribution in [-0.2, 0) is 19.1 Å². The van der Waals surface area contributed by atoms with Gasteiger partial charge < -0.3 is 9.47 Å². The summed E-state index contributed by atoms with van der Waals surface area (Å²) in [5.41, 5.74) is 0.327. The number of hydrogen-bond donors (Lipinski definition) is 0. The summed E-state index contributed by atoms with van der Waals surface area (Å²) in [4.78, 5) is 25.8. The highest BCUT2D eigenvalue weighted by Gasteiger charge is 3.00. The molecule has 128 valence electrons. The van der Waals surface area contributed by atoms with Gasteiger partial charge >= 0.3 is 11.9 Å². The fourth-order valence-electron chi connectivity index (χ4n) is 9.02. The molecule has 0 aromatic rings. The maximum absolute atomic E-state index is 13.0. The Kier molecular flexibility index (Phi) is 2.01. The summed E-state index contributed by atoms with van der Waals surface area (Å²) >= 11 is 0. The molecule has 1 saturated heterocycles. The average molecular weight is 328 g/mol. The Morgan fingerprint density at radius 3 is 2.88 bits per heavy atom. The molecule has 4 unspecified atom stereocenters. The molecule has 7 fully saturated rings. The van der Waals surface area contributed by atoms with Crippen molar-refractivity contribution in [3.63, 3.8) is 0 Å². The van der Waals surface area contributed by atoms with Crippen LogP contribution in [-0.4, -0.2) is 24.6 Å². The van der Waals surface area contributed by atoms with E-state index in [1.807, 2.05) is 6.92 Å². The minimum absolute atomic E-state index is 0.000370. The topological polar surface area (TPSA) is 52.6 Å². The summed E-state index contributed by atoms with van der Waals surface area (Å²) in [5.74, 6) is 0.558. The lowest BCUT2D eigenvalue weighted by Gasteiger charge is -2.47. The molecule has 0 N–H and O–H groups in total. The van der Waals surface area contributed by atoms with Crippen LogP contribution in [0.3, 0.4) is 0 Å². The van der Waals surface area contributed by atoms with Crippen LogP contribution in [0.5, 0.6) is 0 Å². The van der Waals surface area contributed by atoms with Crippen molar-refractivity contribution >= 4 is 11.9 Å². The first-order valence-corrected chi connectivity index (χ1v) is 9.41. The van der Waals surface area contributed by atoms with Crippen molar-refractivity contribution in [2.75, 3.05) is 7.11 Å². The number of hydrogen-bond acceptors (Lipinski definition) is 4. The molecule has 8 atom stereocenters. The molecule has 4 heteroatoms. The minimum atomic E-state index is -0.513. The number of fused-ring (bicyclic) bond motifs is 1. The molecule has 2 spiro atoms. The van der Waals surface area contributed by atoms with Gasteiger partial charge in [-0.1, -0.05) is 12.2 Å². The van der Waals surface area contributed by atoms with E-state index in [0.29, 0.717) is 11.8 Å². The van der Waals surface area contributed by atoms with Crippen LogP contribution in [0.1, 0.15) is 45.4 Å². The fourth-order valence-corrected chi connectivity index (χ4v) is 9.02. The maximum atomic E-state index is 13.0. The van der Waals surface area contributed by atoms with Crippen LogP contribution in [0.4, 0.5) is 0 Å². The lowest BCUT2D eigenvalue weighted by Crippen LogP contribution is -2.52.